The lowest BCUT2D eigenvalue weighted by atomic mass is 10.3. The van der Waals surface area contributed by atoms with Gasteiger partial charge in [-0.25, -0.2) is 9.97 Å². The van der Waals surface area contributed by atoms with Gasteiger partial charge in [0.25, 0.3) is 0 Å². The van der Waals surface area contributed by atoms with E-state index in [0.717, 1.165) is 0 Å². The van der Waals surface area contributed by atoms with Crippen molar-refractivity contribution in [2.24, 2.45) is 5.73 Å². The Morgan fingerprint density at radius 3 is 3.15 bits per heavy atom. The molecule has 5 heteroatoms. The smallest absolute Gasteiger partial charge is 0.234 e. The zero-order valence-corrected chi connectivity index (χ0v) is 7.36. The van der Waals surface area contributed by atoms with Crippen LogP contribution in [0, 0.1) is 11.3 Å². The molecule has 1 atom stereocenters. The van der Waals surface area contributed by atoms with E-state index in [4.69, 9.17) is 11.0 Å². The van der Waals surface area contributed by atoms with Gasteiger partial charge in [-0.15, -0.1) is 0 Å². The molecule has 1 heterocycles. The Labute approximate surface area is 76.6 Å². The van der Waals surface area contributed by atoms with Gasteiger partial charge in [0.2, 0.25) is 5.82 Å². The number of hydrogen-bond donors (Lipinski definition) is 2. The highest BCUT2D eigenvalue weighted by Crippen LogP contribution is 2.00. The van der Waals surface area contributed by atoms with E-state index in [0.29, 0.717) is 12.4 Å². The molecule has 0 saturated carbocycles. The first-order chi connectivity index (χ1) is 6.22. The third kappa shape index (κ3) is 3.05. The van der Waals surface area contributed by atoms with Crippen LogP contribution in [0.5, 0.6) is 0 Å². The van der Waals surface area contributed by atoms with Gasteiger partial charge in [0.15, 0.2) is 0 Å². The molecule has 5 nitrogen and oxygen atoms in total. The van der Waals surface area contributed by atoms with E-state index in [1.54, 1.807) is 6.07 Å². The molecular formula is C8H11N5. The number of hydrogen-bond acceptors (Lipinski definition) is 5. The lowest BCUT2D eigenvalue weighted by Crippen LogP contribution is -2.25. The van der Waals surface area contributed by atoms with Crippen LogP contribution in [-0.4, -0.2) is 22.6 Å². The molecule has 68 valence electrons. The van der Waals surface area contributed by atoms with Gasteiger partial charge in [0.05, 0.1) is 0 Å². The topological polar surface area (TPSA) is 87.6 Å². The fourth-order valence-electron chi connectivity index (χ4n) is 0.777. The summed E-state index contributed by atoms with van der Waals surface area (Å²) in [4.78, 5) is 7.67. The number of nitrogens with two attached hydrogens (primary N) is 1. The second kappa shape index (κ2) is 4.38. The Kier molecular flexibility index (Phi) is 3.17. The molecule has 13 heavy (non-hydrogen) atoms. The van der Waals surface area contributed by atoms with Gasteiger partial charge >= 0.3 is 0 Å². The highest BCUT2D eigenvalue weighted by Gasteiger charge is 1.98. The molecule has 0 amide bonds. The minimum Gasteiger partial charge on any atom is -0.368 e. The fourth-order valence-corrected chi connectivity index (χ4v) is 0.777. The average Bonchev–Trinajstić information content (AvgIpc) is 2.15. The van der Waals surface area contributed by atoms with Crippen LogP contribution in [0.25, 0.3) is 0 Å². The van der Waals surface area contributed by atoms with Crippen molar-refractivity contribution in [2.45, 2.75) is 13.0 Å². The Hall–Kier alpha value is -1.67. The summed E-state index contributed by atoms with van der Waals surface area (Å²) in [5, 5.41) is 11.5. The Morgan fingerprint density at radius 1 is 1.77 bits per heavy atom. The molecule has 0 spiro atoms. The molecular weight excluding hydrogens is 166 g/mol. The van der Waals surface area contributed by atoms with Gasteiger partial charge in [-0.1, -0.05) is 0 Å². The Balaban J connectivity index is 2.63. The number of nitriles is 1. The first-order valence-corrected chi connectivity index (χ1v) is 3.95. The summed E-state index contributed by atoms with van der Waals surface area (Å²) in [6, 6.07) is 3.62. The molecule has 0 fully saturated rings. The van der Waals surface area contributed by atoms with Gasteiger partial charge in [0, 0.05) is 18.8 Å². The normalized spacial score (nSPS) is 11.8. The summed E-state index contributed by atoms with van der Waals surface area (Å²) in [5.74, 6) is 0.790. The summed E-state index contributed by atoms with van der Waals surface area (Å²) in [6.07, 6.45) is 1.54. The molecule has 0 aromatic carbocycles. The standard InChI is InChI=1S/C8H11N5/c1-6(10)5-12-7-2-3-11-8(4-9)13-7/h2-3,6H,5,10H2,1H3,(H,11,12,13). The molecule has 0 saturated heterocycles. The van der Waals surface area contributed by atoms with E-state index in [1.807, 2.05) is 13.0 Å². The fraction of sp³-hybridized carbons (Fsp3) is 0.375. The van der Waals surface area contributed by atoms with Crippen molar-refractivity contribution in [3.8, 4) is 6.07 Å². The van der Waals surface area contributed by atoms with Crippen molar-refractivity contribution in [1.82, 2.24) is 9.97 Å². The van der Waals surface area contributed by atoms with Gasteiger partial charge in [-0.3, -0.25) is 0 Å². The molecule has 0 radical (unpaired) electrons. The first kappa shape index (κ1) is 9.42. The average molecular weight is 177 g/mol. The maximum Gasteiger partial charge on any atom is 0.234 e. The van der Waals surface area contributed by atoms with Crippen molar-refractivity contribution >= 4 is 5.82 Å². The number of nitrogens with one attached hydrogen (secondary N) is 1. The van der Waals surface area contributed by atoms with E-state index in [-0.39, 0.29) is 11.9 Å². The maximum atomic E-state index is 8.51. The minimum absolute atomic E-state index is 0.0560. The van der Waals surface area contributed by atoms with Crippen LogP contribution in [0.15, 0.2) is 12.3 Å². The van der Waals surface area contributed by atoms with Crippen molar-refractivity contribution < 1.29 is 0 Å². The molecule has 1 aromatic heterocycles. The zero-order valence-electron chi connectivity index (χ0n) is 7.36. The van der Waals surface area contributed by atoms with Crippen molar-refractivity contribution in [1.29, 1.82) is 5.26 Å². The van der Waals surface area contributed by atoms with Crippen LogP contribution in [-0.2, 0) is 0 Å². The third-order valence-corrected chi connectivity index (χ3v) is 1.36. The third-order valence-electron chi connectivity index (χ3n) is 1.36. The molecule has 0 aliphatic heterocycles. The molecule has 1 rings (SSSR count). The number of nitrogens with zero attached hydrogens (tertiary/aromatic N) is 3. The van der Waals surface area contributed by atoms with E-state index in [9.17, 15) is 0 Å². The Morgan fingerprint density at radius 2 is 2.54 bits per heavy atom. The highest BCUT2D eigenvalue weighted by molar-refractivity contribution is 5.34. The van der Waals surface area contributed by atoms with E-state index < -0.39 is 0 Å². The number of rotatable bonds is 3. The lowest BCUT2D eigenvalue weighted by molar-refractivity contribution is 0.776. The summed E-state index contributed by atoms with van der Waals surface area (Å²) < 4.78 is 0. The lowest BCUT2D eigenvalue weighted by Gasteiger charge is -2.07. The van der Waals surface area contributed by atoms with Crippen molar-refractivity contribution in [3.05, 3.63) is 18.1 Å². The molecule has 0 aliphatic carbocycles. The second-order valence-corrected chi connectivity index (χ2v) is 2.74. The first-order valence-electron chi connectivity index (χ1n) is 3.95. The summed E-state index contributed by atoms with van der Waals surface area (Å²) in [5.41, 5.74) is 5.54. The predicted octanol–water partition coefficient (Wildman–Crippen LogP) is 0.107. The monoisotopic (exact) mass is 177 g/mol. The summed E-state index contributed by atoms with van der Waals surface area (Å²) in [6.45, 7) is 2.52. The number of anilines is 1. The van der Waals surface area contributed by atoms with Crippen LogP contribution in [0.2, 0.25) is 0 Å². The Bertz CT molecular complexity index is 315. The maximum absolute atomic E-state index is 8.51. The second-order valence-electron chi connectivity index (χ2n) is 2.74. The minimum atomic E-state index is 0.0560. The van der Waals surface area contributed by atoms with Crippen molar-refractivity contribution in [3.63, 3.8) is 0 Å². The van der Waals surface area contributed by atoms with Gasteiger partial charge in [0.1, 0.15) is 11.9 Å². The van der Waals surface area contributed by atoms with E-state index in [2.05, 4.69) is 15.3 Å². The van der Waals surface area contributed by atoms with Crippen LogP contribution in [0.1, 0.15) is 12.7 Å². The van der Waals surface area contributed by atoms with E-state index >= 15 is 0 Å². The zero-order chi connectivity index (χ0) is 9.68. The number of aromatic nitrogens is 2. The molecule has 3 N–H and O–H groups in total. The van der Waals surface area contributed by atoms with E-state index in [1.165, 1.54) is 6.20 Å². The van der Waals surface area contributed by atoms with Gasteiger partial charge < -0.3 is 11.1 Å². The molecule has 0 bridgehead atoms. The highest BCUT2D eigenvalue weighted by atomic mass is 15.0. The van der Waals surface area contributed by atoms with Crippen LogP contribution < -0.4 is 11.1 Å². The largest absolute Gasteiger partial charge is 0.368 e. The quantitative estimate of drug-likeness (QED) is 0.684. The van der Waals surface area contributed by atoms with Crippen LogP contribution in [0.4, 0.5) is 5.82 Å². The van der Waals surface area contributed by atoms with Gasteiger partial charge in [-0.2, -0.15) is 5.26 Å². The van der Waals surface area contributed by atoms with Crippen LogP contribution >= 0.6 is 0 Å². The summed E-state index contributed by atoms with van der Waals surface area (Å²) in [7, 11) is 0. The predicted molar refractivity (Wildman–Crippen MR) is 48.9 cm³/mol. The van der Waals surface area contributed by atoms with Gasteiger partial charge in [-0.05, 0) is 13.0 Å². The SMILES string of the molecule is CC(N)CNc1ccnc(C#N)n1. The van der Waals surface area contributed by atoms with Crippen LogP contribution in [0.3, 0.4) is 0 Å². The molecule has 1 unspecified atom stereocenters. The molecule has 1 aromatic rings. The molecule has 0 aliphatic rings. The van der Waals surface area contributed by atoms with Crippen molar-refractivity contribution in [2.75, 3.05) is 11.9 Å². The summed E-state index contributed by atoms with van der Waals surface area (Å²) >= 11 is 0.